The van der Waals surface area contributed by atoms with Crippen LogP contribution in [0.1, 0.15) is 20.8 Å². The molecular formula is C19H22N4O4S. The van der Waals surface area contributed by atoms with Gasteiger partial charge in [-0.25, -0.2) is 18.4 Å². The van der Waals surface area contributed by atoms with Gasteiger partial charge >= 0.3 is 0 Å². The Morgan fingerprint density at radius 3 is 2.71 bits per heavy atom. The Bertz CT molecular complexity index is 1160. The molecule has 0 unspecified atom stereocenters. The van der Waals surface area contributed by atoms with E-state index in [0.717, 1.165) is 16.9 Å². The summed E-state index contributed by atoms with van der Waals surface area (Å²) in [5.74, 6) is 0.833. The predicted molar refractivity (Wildman–Crippen MR) is 106 cm³/mol. The monoisotopic (exact) mass is 402 g/mol. The molecule has 0 aromatic carbocycles. The number of rotatable bonds is 3. The van der Waals surface area contributed by atoms with Gasteiger partial charge in [0.1, 0.15) is 22.9 Å². The molecule has 1 aliphatic heterocycles. The van der Waals surface area contributed by atoms with E-state index < -0.39 is 14.6 Å². The second-order valence-corrected chi connectivity index (χ2v) is 10.2. The molecule has 4 heterocycles. The van der Waals surface area contributed by atoms with Crippen LogP contribution in [0.5, 0.6) is 11.6 Å². The van der Waals surface area contributed by atoms with Gasteiger partial charge in [-0.2, -0.15) is 0 Å². The van der Waals surface area contributed by atoms with Crippen molar-refractivity contribution in [3.63, 3.8) is 0 Å². The van der Waals surface area contributed by atoms with E-state index in [9.17, 15) is 8.42 Å². The maximum Gasteiger partial charge on any atom is 0.237 e. The summed E-state index contributed by atoms with van der Waals surface area (Å²) in [7, 11) is -2.17. The van der Waals surface area contributed by atoms with E-state index in [-0.39, 0.29) is 10.6 Å². The minimum atomic E-state index is -3.62. The number of nitrogens with zero attached hydrogens (tertiary/aromatic N) is 3. The molecule has 0 saturated heterocycles. The molecule has 0 bridgehead atoms. The zero-order valence-corrected chi connectivity index (χ0v) is 17.0. The Hall–Kier alpha value is -2.81. The number of hydrogen-bond donors (Lipinski definition) is 1. The van der Waals surface area contributed by atoms with Crippen molar-refractivity contribution in [1.82, 2.24) is 14.4 Å². The summed E-state index contributed by atoms with van der Waals surface area (Å²) in [5.41, 5.74) is 2.91. The summed E-state index contributed by atoms with van der Waals surface area (Å²) in [6, 6.07) is 3.56. The number of nitrogens with one attached hydrogen (secondary N) is 1. The Labute approximate surface area is 163 Å². The summed E-state index contributed by atoms with van der Waals surface area (Å²) < 4.78 is 37.8. The average Bonchev–Trinajstić information content (AvgIpc) is 3.08. The molecule has 0 amide bonds. The first kappa shape index (κ1) is 18.5. The van der Waals surface area contributed by atoms with E-state index in [1.807, 2.05) is 6.07 Å². The van der Waals surface area contributed by atoms with E-state index in [1.165, 1.54) is 7.11 Å². The summed E-state index contributed by atoms with van der Waals surface area (Å²) in [6.45, 7) is 6.28. The van der Waals surface area contributed by atoms with Gasteiger partial charge in [-0.15, -0.1) is 0 Å². The molecule has 0 spiro atoms. The molecule has 0 aliphatic carbocycles. The van der Waals surface area contributed by atoms with Crippen LogP contribution in [0.15, 0.2) is 35.6 Å². The number of ether oxygens (including phenoxy) is 2. The van der Waals surface area contributed by atoms with Crippen LogP contribution in [0, 0.1) is 0 Å². The van der Waals surface area contributed by atoms with Gasteiger partial charge in [0.2, 0.25) is 5.88 Å². The highest BCUT2D eigenvalue weighted by Gasteiger charge is 2.34. The number of imidazole rings is 1. The molecular weight excluding hydrogens is 380 g/mol. The standard InChI is InChI=1S/C19H22N4O4S/c1-19(2,3)28(24,25)16-11-23-14(10-21-17(23)8-15(16)26-4)12-7-13-18(22-9-12)27-6-5-20-13/h7-11,20H,5-6H2,1-4H3. The number of fused-ring (bicyclic) bond motifs is 2. The van der Waals surface area contributed by atoms with Crippen molar-refractivity contribution in [2.75, 3.05) is 25.6 Å². The third-order valence-corrected chi connectivity index (χ3v) is 7.19. The molecule has 3 aromatic heterocycles. The quantitative estimate of drug-likeness (QED) is 0.720. The number of pyridine rings is 2. The van der Waals surface area contributed by atoms with E-state index in [0.29, 0.717) is 24.7 Å². The number of sulfone groups is 1. The molecule has 0 radical (unpaired) electrons. The summed E-state index contributed by atoms with van der Waals surface area (Å²) in [4.78, 5) is 8.89. The Morgan fingerprint density at radius 2 is 2.00 bits per heavy atom. The first-order valence-corrected chi connectivity index (χ1v) is 10.4. The summed E-state index contributed by atoms with van der Waals surface area (Å²) in [6.07, 6.45) is 4.95. The molecule has 8 nitrogen and oxygen atoms in total. The largest absolute Gasteiger partial charge is 0.495 e. The van der Waals surface area contributed by atoms with Gasteiger partial charge in [0.05, 0.1) is 29.4 Å². The van der Waals surface area contributed by atoms with E-state index >= 15 is 0 Å². The fraction of sp³-hybridized carbons (Fsp3) is 0.368. The molecule has 1 N–H and O–H groups in total. The molecule has 9 heteroatoms. The van der Waals surface area contributed by atoms with Gasteiger partial charge in [-0.3, -0.25) is 4.40 Å². The highest BCUT2D eigenvalue weighted by molar-refractivity contribution is 7.92. The van der Waals surface area contributed by atoms with E-state index in [2.05, 4.69) is 15.3 Å². The lowest BCUT2D eigenvalue weighted by Gasteiger charge is -2.21. The fourth-order valence-electron chi connectivity index (χ4n) is 3.06. The zero-order valence-electron chi connectivity index (χ0n) is 16.2. The number of hydrogen-bond acceptors (Lipinski definition) is 7. The van der Waals surface area contributed by atoms with E-state index in [1.54, 1.807) is 49.8 Å². The lowest BCUT2D eigenvalue weighted by atomic mass is 10.2. The molecule has 3 aromatic rings. The van der Waals surface area contributed by atoms with Gasteiger partial charge in [-0.1, -0.05) is 0 Å². The Balaban J connectivity index is 1.92. The third kappa shape index (κ3) is 2.86. The maximum absolute atomic E-state index is 13.1. The van der Waals surface area contributed by atoms with Crippen molar-refractivity contribution >= 4 is 21.2 Å². The van der Waals surface area contributed by atoms with Crippen LogP contribution in [0.3, 0.4) is 0 Å². The van der Waals surface area contributed by atoms with Crippen LogP contribution in [0.25, 0.3) is 16.9 Å². The molecule has 28 heavy (non-hydrogen) atoms. The van der Waals surface area contributed by atoms with Crippen LogP contribution in [-0.2, 0) is 9.84 Å². The summed E-state index contributed by atoms with van der Waals surface area (Å²) in [5, 5.41) is 3.25. The van der Waals surface area contributed by atoms with Crippen molar-refractivity contribution in [3.05, 3.63) is 30.7 Å². The van der Waals surface area contributed by atoms with Gasteiger partial charge in [0.15, 0.2) is 9.84 Å². The minimum absolute atomic E-state index is 0.127. The normalized spacial score (nSPS) is 14.3. The first-order valence-electron chi connectivity index (χ1n) is 8.89. The van der Waals surface area contributed by atoms with Gasteiger partial charge in [0, 0.05) is 30.6 Å². The molecule has 0 saturated carbocycles. The number of aromatic nitrogens is 3. The minimum Gasteiger partial charge on any atom is -0.495 e. The molecule has 4 rings (SSSR count). The van der Waals surface area contributed by atoms with Gasteiger partial charge in [0.25, 0.3) is 0 Å². The van der Waals surface area contributed by atoms with Crippen LogP contribution >= 0.6 is 0 Å². The average molecular weight is 402 g/mol. The van der Waals surface area contributed by atoms with E-state index in [4.69, 9.17) is 9.47 Å². The molecule has 0 atom stereocenters. The highest BCUT2D eigenvalue weighted by Crippen LogP contribution is 2.35. The SMILES string of the molecule is COc1cc2ncc(-c3cnc4c(c3)NCCO4)n2cc1S(=O)(=O)C(C)(C)C. The second-order valence-electron chi connectivity index (χ2n) is 7.55. The van der Waals surface area contributed by atoms with Crippen molar-refractivity contribution in [3.8, 4) is 22.9 Å². The molecule has 148 valence electrons. The van der Waals surface area contributed by atoms with Crippen molar-refractivity contribution in [2.24, 2.45) is 0 Å². The van der Waals surface area contributed by atoms with Crippen LogP contribution < -0.4 is 14.8 Å². The van der Waals surface area contributed by atoms with Crippen LogP contribution in [0.4, 0.5) is 5.69 Å². The Kier molecular flexibility index (Phi) is 4.22. The zero-order chi connectivity index (χ0) is 20.1. The van der Waals surface area contributed by atoms with Gasteiger partial charge in [-0.05, 0) is 26.8 Å². The topological polar surface area (TPSA) is 94.8 Å². The smallest absolute Gasteiger partial charge is 0.237 e. The Morgan fingerprint density at radius 1 is 1.21 bits per heavy atom. The maximum atomic E-state index is 13.1. The van der Waals surface area contributed by atoms with Crippen LogP contribution in [-0.4, -0.2) is 47.8 Å². The molecule has 0 fully saturated rings. The number of anilines is 1. The predicted octanol–water partition coefficient (Wildman–Crippen LogP) is 2.78. The molecule has 1 aliphatic rings. The second kappa shape index (κ2) is 6.37. The third-order valence-electron chi connectivity index (χ3n) is 4.69. The first-order chi connectivity index (χ1) is 13.2. The van der Waals surface area contributed by atoms with Crippen molar-refractivity contribution in [2.45, 2.75) is 30.4 Å². The lowest BCUT2D eigenvalue weighted by molar-refractivity contribution is 0.310. The lowest BCUT2D eigenvalue weighted by Crippen LogP contribution is -2.28. The highest BCUT2D eigenvalue weighted by atomic mass is 32.2. The number of methoxy groups -OCH3 is 1. The fourth-order valence-corrected chi connectivity index (χ4v) is 4.37. The van der Waals surface area contributed by atoms with Gasteiger partial charge < -0.3 is 14.8 Å². The van der Waals surface area contributed by atoms with Crippen LogP contribution in [0.2, 0.25) is 0 Å². The summed E-state index contributed by atoms with van der Waals surface area (Å²) >= 11 is 0. The van der Waals surface area contributed by atoms with Crippen molar-refractivity contribution < 1.29 is 17.9 Å². The van der Waals surface area contributed by atoms with Crippen molar-refractivity contribution in [1.29, 1.82) is 0 Å².